The quantitative estimate of drug-likeness (QED) is 0.557. The first-order valence-corrected chi connectivity index (χ1v) is 9.73. The zero-order valence-corrected chi connectivity index (χ0v) is 18.1. The number of nitrogens with one attached hydrogen (secondary N) is 1. The van der Waals surface area contributed by atoms with Gasteiger partial charge in [-0.15, -0.1) is 24.8 Å². The van der Waals surface area contributed by atoms with Crippen LogP contribution in [0, 0.1) is 0 Å². The molecule has 4 N–H and O–H groups in total. The highest BCUT2D eigenvalue weighted by Gasteiger charge is 2.72. The number of aliphatic hydroxyl groups is 1. The third kappa shape index (κ3) is 2.64. The molecular weight excluding hydrogens is 419 g/mol. The molecule has 7 nitrogen and oxygen atoms in total. The lowest BCUT2D eigenvalue weighted by atomic mass is 9.48. The number of carboxylic acids is 1. The summed E-state index contributed by atoms with van der Waals surface area (Å²) >= 11 is 0. The summed E-state index contributed by atoms with van der Waals surface area (Å²) in [5.74, 6) is -0.324. The number of aromatic hydroxyl groups is 1. The van der Waals surface area contributed by atoms with Crippen LogP contribution in [0.2, 0.25) is 0 Å². The molecule has 6 atom stereocenters. The lowest BCUT2D eigenvalue weighted by Gasteiger charge is -2.63. The van der Waals surface area contributed by atoms with E-state index in [0.717, 1.165) is 30.5 Å². The van der Waals surface area contributed by atoms with Crippen LogP contribution in [-0.4, -0.2) is 69.6 Å². The summed E-state index contributed by atoms with van der Waals surface area (Å²) in [4.78, 5) is 13.6. The molecule has 2 aliphatic heterocycles. The molecule has 1 aromatic carbocycles. The minimum atomic E-state index is -0.943. The molecule has 162 valence electrons. The number of ether oxygens (including phenoxy) is 1. The van der Waals surface area contributed by atoms with E-state index >= 15 is 0 Å². The molecule has 1 spiro atoms. The Bertz CT molecular complexity index is 839. The average molecular weight is 447 g/mol. The van der Waals surface area contributed by atoms with Crippen LogP contribution in [0.4, 0.5) is 0 Å². The second kappa shape index (κ2) is 7.17. The van der Waals surface area contributed by atoms with Crippen LogP contribution in [0.5, 0.6) is 11.5 Å². The molecule has 1 saturated carbocycles. The van der Waals surface area contributed by atoms with Gasteiger partial charge in [-0.25, -0.2) is 0 Å². The molecule has 1 aromatic rings. The maximum absolute atomic E-state index is 12.0. The first-order valence-electron chi connectivity index (χ1n) is 9.73. The van der Waals surface area contributed by atoms with E-state index in [2.05, 4.69) is 17.3 Å². The molecule has 0 radical (unpaired) electrons. The van der Waals surface area contributed by atoms with Gasteiger partial charge in [0.2, 0.25) is 0 Å². The van der Waals surface area contributed by atoms with Gasteiger partial charge in [0.1, 0.15) is 12.1 Å². The number of likely N-dealkylation sites (tertiary alicyclic amines) is 1. The molecule has 1 saturated heterocycles. The van der Waals surface area contributed by atoms with Crippen molar-refractivity contribution in [3.63, 3.8) is 0 Å². The van der Waals surface area contributed by atoms with Gasteiger partial charge in [0.25, 0.3) is 0 Å². The fraction of sp³-hybridized carbons (Fsp3) is 0.650. The smallest absolute Gasteiger partial charge is 0.320 e. The summed E-state index contributed by atoms with van der Waals surface area (Å²) in [6, 6.07) is 2.72. The molecule has 5 rings (SSSR count). The minimum absolute atomic E-state index is 0. The predicted octanol–water partition coefficient (Wildman–Crippen LogP) is 1.45. The second-order valence-electron chi connectivity index (χ2n) is 8.70. The Morgan fingerprint density at radius 2 is 2.07 bits per heavy atom. The number of rotatable bonds is 3. The van der Waals surface area contributed by atoms with E-state index in [0.29, 0.717) is 18.6 Å². The van der Waals surface area contributed by atoms with E-state index in [1.165, 1.54) is 0 Å². The molecule has 4 aliphatic rings. The van der Waals surface area contributed by atoms with E-state index in [4.69, 9.17) is 4.74 Å². The van der Waals surface area contributed by atoms with Gasteiger partial charge in [-0.3, -0.25) is 10.1 Å². The van der Waals surface area contributed by atoms with E-state index in [-0.39, 0.29) is 42.6 Å². The maximum Gasteiger partial charge on any atom is 0.320 e. The number of halogens is 2. The number of likely N-dealkylation sites (N-methyl/N-ethyl adjacent to an activating group) is 1. The average Bonchev–Trinajstić information content (AvgIpc) is 2.98. The lowest BCUT2D eigenvalue weighted by Crippen LogP contribution is -2.78. The van der Waals surface area contributed by atoms with Gasteiger partial charge in [0.15, 0.2) is 11.5 Å². The number of phenols is 1. The predicted molar refractivity (Wildman–Crippen MR) is 112 cm³/mol. The fourth-order valence-corrected chi connectivity index (χ4v) is 6.32. The standard InChI is InChI=1S/C20H26N2O5.2ClH/c1-10(18(24)25)21-12-5-6-20(26)14-9-11-3-4-13(23)16-15(11)19(20,17(12)27-16)7-8-22(14)2;;/h3-4,10,12,14,17,21,23,26H,5-9H2,1-2H3,(H,24,25);2*1H/t10-,12+,14+,17-,19-,20+;;/m0../s1. The Balaban J connectivity index is 0.00000120. The summed E-state index contributed by atoms with van der Waals surface area (Å²) in [7, 11) is 2.06. The van der Waals surface area contributed by atoms with Crippen molar-refractivity contribution in [3.8, 4) is 11.5 Å². The molecule has 2 aliphatic carbocycles. The normalized spacial score (nSPS) is 37.4. The Hall–Kier alpha value is -1.25. The van der Waals surface area contributed by atoms with Crippen LogP contribution in [0.15, 0.2) is 12.1 Å². The van der Waals surface area contributed by atoms with Gasteiger partial charge < -0.3 is 25.0 Å². The van der Waals surface area contributed by atoms with Crippen molar-refractivity contribution in [2.45, 2.75) is 67.9 Å². The van der Waals surface area contributed by atoms with E-state index in [1.807, 2.05) is 6.07 Å². The highest BCUT2D eigenvalue weighted by molar-refractivity contribution is 5.85. The van der Waals surface area contributed by atoms with Crippen LogP contribution in [0.25, 0.3) is 0 Å². The third-order valence-corrected chi connectivity index (χ3v) is 7.56. The van der Waals surface area contributed by atoms with Crippen molar-refractivity contribution >= 4 is 30.8 Å². The van der Waals surface area contributed by atoms with Crippen molar-refractivity contribution in [2.75, 3.05) is 13.6 Å². The Kier molecular flexibility index (Phi) is 5.54. The molecule has 0 aromatic heterocycles. The molecule has 29 heavy (non-hydrogen) atoms. The Morgan fingerprint density at radius 3 is 2.76 bits per heavy atom. The van der Waals surface area contributed by atoms with Gasteiger partial charge in [0, 0.05) is 17.6 Å². The number of nitrogens with zero attached hydrogens (tertiary/aromatic N) is 1. The zero-order valence-electron chi connectivity index (χ0n) is 16.4. The Morgan fingerprint density at radius 1 is 1.34 bits per heavy atom. The maximum atomic E-state index is 12.0. The van der Waals surface area contributed by atoms with Gasteiger partial charge in [-0.05, 0) is 57.8 Å². The number of hydrogen-bond donors (Lipinski definition) is 4. The summed E-state index contributed by atoms with van der Waals surface area (Å²) in [6.45, 7) is 2.46. The summed E-state index contributed by atoms with van der Waals surface area (Å²) in [5.41, 5.74) is 0.522. The van der Waals surface area contributed by atoms with E-state index in [9.17, 15) is 20.1 Å². The highest BCUT2D eigenvalue weighted by Crippen LogP contribution is 2.65. The number of carboxylic acid groups (broad SMARTS) is 1. The largest absolute Gasteiger partial charge is 0.504 e. The van der Waals surface area contributed by atoms with Crippen molar-refractivity contribution in [1.82, 2.24) is 10.2 Å². The van der Waals surface area contributed by atoms with E-state index < -0.39 is 29.1 Å². The van der Waals surface area contributed by atoms with Gasteiger partial charge in [-0.2, -0.15) is 0 Å². The van der Waals surface area contributed by atoms with Gasteiger partial charge in [-0.1, -0.05) is 6.07 Å². The number of phenolic OH excluding ortho intramolecular Hbond substituents is 1. The SMILES string of the molecule is C[C@H](N[C@@H]1CC[C@@]2(O)[C@H]3Cc4ccc(O)c5c4[C@@]2(CCN3C)[C@H]1O5)C(=O)O.Cl.Cl. The topological polar surface area (TPSA) is 102 Å². The first-order chi connectivity index (χ1) is 12.8. The zero-order chi connectivity index (χ0) is 19.1. The van der Waals surface area contributed by atoms with E-state index in [1.54, 1.807) is 13.0 Å². The molecule has 2 fully saturated rings. The molecule has 9 heteroatoms. The van der Waals surface area contributed by atoms with Gasteiger partial charge >= 0.3 is 5.97 Å². The molecular formula is C20H28Cl2N2O5. The molecule has 0 unspecified atom stereocenters. The third-order valence-electron chi connectivity index (χ3n) is 7.56. The summed E-state index contributed by atoms with van der Waals surface area (Å²) < 4.78 is 6.32. The van der Waals surface area contributed by atoms with Crippen LogP contribution in [0.1, 0.15) is 37.3 Å². The molecule has 2 heterocycles. The summed E-state index contributed by atoms with van der Waals surface area (Å²) in [5, 5.41) is 35.0. The molecule has 0 amide bonds. The molecule has 2 bridgehead atoms. The highest BCUT2D eigenvalue weighted by atomic mass is 35.5. The number of aliphatic carboxylic acids is 1. The Labute approximate surface area is 182 Å². The van der Waals surface area contributed by atoms with Crippen LogP contribution < -0.4 is 10.1 Å². The second-order valence-corrected chi connectivity index (χ2v) is 8.70. The van der Waals surface area contributed by atoms with Crippen molar-refractivity contribution in [3.05, 3.63) is 23.3 Å². The van der Waals surface area contributed by atoms with Crippen LogP contribution in [-0.2, 0) is 16.6 Å². The monoisotopic (exact) mass is 446 g/mol. The first kappa shape index (κ1) is 22.4. The fourth-order valence-electron chi connectivity index (χ4n) is 6.32. The summed E-state index contributed by atoms with van der Waals surface area (Å²) in [6.07, 6.45) is 2.29. The lowest BCUT2D eigenvalue weighted by molar-refractivity contribution is -0.187. The van der Waals surface area contributed by atoms with Crippen LogP contribution in [0.3, 0.4) is 0 Å². The van der Waals surface area contributed by atoms with Crippen LogP contribution >= 0.6 is 24.8 Å². The van der Waals surface area contributed by atoms with Gasteiger partial charge in [0.05, 0.1) is 11.0 Å². The number of carbonyl (C=O) groups is 1. The van der Waals surface area contributed by atoms with Crippen molar-refractivity contribution in [1.29, 1.82) is 0 Å². The number of hydrogen-bond acceptors (Lipinski definition) is 6. The van der Waals surface area contributed by atoms with Crippen molar-refractivity contribution in [2.24, 2.45) is 0 Å². The number of piperidine rings is 1. The number of benzene rings is 1. The minimum Gasteiger partial charge on any atom is -0.504 e. The van der Waals surface area contributed by atoms with Crippen molar-refractivity contribution < 1.29 is 24.9 Å².